The molecule has 4 heterocycles. The maximum absolute atomic E-state index is 4.74. The third-order valence-corrected chi connectivity index (χ3v) is 5.36. The molecule has 8 heteroatoms. The Labute approximate surface area is 174 Å². The predicted octanol–water partition coefficient (Wildman–Crippen LogP) is 4.96. The highest BCUT2D eigenvalue weighted by Gasteiger charge is 2.20. The van der Waals surface area contributed by atoms with Gasteiger partial charge in [0.2, 0.25) is 0 Å². The second kappa shape index (κ2) is 7.44. The first-order valence-corrected chi connectivity index (χ1v) is 10.5. The number of nitrogens with zero attached hydrogens (tertiary/aromatic N) is 6. The highest BCUT2D eigenvalue weighted by Crippen LogP contribution is 2.29. The zero-order valence-electron chi connectivity index (χ0n) is 17.3. The van der Waals surface area contributed by atoms with Crippen LogP contribution in [0.25, 0.3) is 17.1 Å². The van der Waals surface area contributed by atoms with E-state index in [0.29, 0.717) is 0 Å². The highest BCUT2D eigenvalue weighted by molar-refractivity contribution is 7.14. The molecule has 0 amide bonds. The lowest BCUT2D eigenvalue weighted by molar-refractivity contribution is 0.542. The van der Waals surface area contributed by atoms with E-state index in [-0.39, 0.29) is 5.41 Å². The van der Waals surface area contributed by atoms with E-state index in [1.807, 2.05) is 46.1 Å². The molecule has 4 rings (SSSR count). The summed E-state index contributed by atoms with van der Waals surface area (Å²) in [6, 6.07) is 6.11. The van der Waals surface area contributed by atoms with Crippen molar-refractivity contribution in [1.82, 2.24) is 29.3 Å². The van der Waals surface area contributed by atoms with Gasteiger partial charge in [-0.1, -0.05) is 20.8 Å². The van der Waals surface area contributed by atoms with Crippen LogP contribution in [0.3, 0.4) is 0 Å². The van der Waals surface area contributed by atoms with E-state index >= 15 is 0 Å². The summed E-state index contributed by atoms with van der Waals surface area (Å²) >= 11 is 1.57. The summed E-state index contributed by atoms with van der Waals surface area (Å²) in [5.41, 5.74) is 3.91. The fourth-order valence-corrected chi connectivity index (χ4v) is 3.66. The topological polar surface area (TPSA) is 73.5 Å². The van der Waals surface area contributed by atoms with Gasteiger partial charge >= 0.3 is 0 Å². The highest BCUT2D eigenvalue weighted by atomic mass is 32.1. The number of imidazole rings is 1. The molecule has 0 fully saturated rings. The van der Waals surface area contributed by atoms with Crippen molar-refractivity contribution in [3.05, 3.63) is 53.7 Å². The number of aryl methyl sites for hydroxylation is 2. The summed E-state index contributed by atoms with van der Waals surface area (Å²) in [6.07, 6.45) is 5.57. The Morgan fingerprint density at radius 1 is 1.17 bits per heavy atom. The molecule has 0 bridgehead atoms. The fraction of sp³-hybridized carbons (Fsp3) is 0.333. The van der Waals surface area contributed by atoms with Crippen molar-refractivity contribution in [2.45, 2.75) is 46.6 Å². The summed E-state index contributed by atoms with van der Waals surface area (Å²) in [5.74, 6) is 1.80. The largest absolute Gasteiger partial charge is 0.316 e. The number of thiazole rings is 1. The summed E-state index contributed by atoms with van der Waals surface area (Å²) in [7, 11) is 0. The van der Waals surface area contributed by atoms with Crippen LogP contribution in [0.15, 0.2) is 42.3 Å². The molecule has 0 radical (unpaired) electrons. The molecule has 0 saturated carbocycles. The van der Waals surface area contributed by atoms with Gasteiger partial charge in [0, 0.05) is 41.4 Å². The van der Waals surface area contributed by atoms with E-state index in [2.05, 4.69) is 49.0 Å². The lowest BCUT2D eigenvalue weighted by Crippen LogP contribution is -2.12. The maximum Gasteiger partial charge on any atom is 0.188 e. The van der Waals surface area contributed by atoms with Crippen LogP contribution in [0.5, 0.6) is 0 Å². The van der Waals surface area contributed by atoms with E-state index in [4.69, 9.17) is 10.1 Å². The van der Waals surface area contributed by atoms with E-state index in [1.165, 1.54) is 0 Å². The Balaban J connectivity index is 1.54. The van der Waals surface area contributed by atoms with Gasteiger partial charge < -0.3 is 5.32 Å². The Kier molecular flexibility index (Phi) is 4.96. The minimum Gasteiger partial charge on any atom is -0.316 e. The summed E-state index contributed by atoms with van der Waals surface area (Å²) in [4.78, 5) is 13.5. The van der Waals surface area contributed by atoms with Gasteiger partial charge in [-0.3, -0.25) is 4.57 Å². The molecule has 1 N–H and O–H groups in total. The SMILES string of the molecule is CCn1nc(C(C)(C)C)cc1Nc1nc(-c2ccc(-n3cnc(C)c3)nc2)cs1. The zero-order valence-corrected chi connectivity index (χ0v) is 18.2. The van der Waals surface area contributed by atoms with Crippen LogP contribution in [0.1, 0.15) is 39.1 Å². The molecule has 0 saturated heterocycles. The molecule has 0 aromatic carbocycles. The molecule has 0 aliphatic rings. The van der Waals surface area contributed by atoms with E-state index in [1.54, 1.807) is 17.7 Å². The summed E-state index contributed by atoms with van der Waals surface area (Å²) in [5, 5.41) is 11.0. The third-order valence-electron chi connectivity index (χ3n) is 4.61. The second-order valence-corrected chi connectivity index (χ2v) is 8.83. The van der Waals surface area contributed by atoms with E-state index in [0.717, 1.165) is 46.0 Å². The molecule has 0 atom stereocenters. The van der Waals surface area contributed by atoms with Crippen molar-refractivity contribution >= 4 is 22.3 Å². The minimum absolute atomic E-state index is 0.00603. The molecular formula is C21H25N7S. The first kappa shape index (κ1) is 19.3. The summed E-state index contributed by atoms with van der Waals surface area (Å²) < 4.78 is 3.89. The average Bonchev–Trinajstić information content (AvgIpc) is 3.41. The molecule has 0 aliphatic heterocycles. The van der Waals surface area contributed by atoms with Gasteiger partial charge in [0.1, 0.15) is 18.0 Å². The van der Waals surface area contributed by atoms with Gasteiger partial charge in [-0.25, -0.2) is 19.6 Å². The van der Waals surface area contributed by atoms with Crippen LogP contribution in [0.4, 0.5) is 10.9 Å². The van der Waals surface area contributed by atoms with Crippen molar-refractivity contribution in [3.63, 3.8) is 0 Å². The van der Waals surface area contributed by atoms with E-state index in [9.17, 15) is 0 Å². The van der Waals surface area contributed by atoms with Crippen molar-refractivity contribution in [3.8, 4) is 17.1 Å². The predicted molar refractivity (Wildman–Crippen MR) is 117 cm³/mol. The summed E-state index contributed by atoms with van der Waals surface area (Å²) in [6.45, 7) is 11.4. The van der Waals surface area contributed by atoms with Crippen LogP contribution in [-0.4, -0.2) is 29.3 Å². The number of hydrogen-bond donors (Lipinski definition) is 1. The van der Waals surface area contributed by atoms with Gasteiger partial charge in [-0.2, -0.15) is 5.10 Å². The lowest BCUT2D eigenvalue weighted by Gasteiger charge is -2.13. The smallest absolute Gasteiger partial charge is 0.188 e. The van der Waals surface area contributed by atoms with Crippen molar-refractivity contribution < 1.29 is 0 Å². The molecule has 0 unspecified atom stereocenters. The average molecular weight is 408 g/mol. The Morgan fingerprint density at radius 3 is 2.62 bits per heavy atom. The van der Waals surface area contributed by atoms with Crippen molar-refractivity contribution in [2.75, 3.05) is 5.32 Å². The molecule has 4 aromatic rings. The van der Waals surface area contributed by atoms with Crippen LogP contribution < -0.4 is 5.32 Å². The number of pyridine rings is 1. The molecule has 150 valence electrons. The third kappa shape index (κ3) is 4.07. The quantitative estimate of drug-likeness (QED) is 0.506. The number of aromatic nitrogens is 6. The van der Waals surface area contributed by atoms with Crippen LogP contribution in [0, 0.1) is 6.92 Å². The number of nitrogens with one attached hydrogen (secondary N) is 1. The molecule has 0 aliphatic carbocycles. The van der Waals surface area contributed by atoms with Gasteiger partial charge in [0.25, 0.3) is 0 Å². The Bertz CT molecular complexity index is 1110. The normalized spacial score (nSPS) is 11.8. The maximum atomic E-state index is 4.74. The standard InChI is InChI=1S/C21H25N7S/c1-6-28-19(9-17(26-28)21(3,4)5)25-20-24-16(12-29-20)15-7-8-18(22-10-15)27-11-14(2)23-13-27/h7-13H,6H2,1-5H3,(H,24,25). The fourth-order valence-electron chi connectivity index (χ4n) is 2.94. The lowest BCUT2D eigenvalue weighted by atomic mass is 9.92. The van der Waals surface area contributed by atoms with Crippen molar-refractivity contribution in [1.29, 1.82) is 0 Å². The number of rotatable bonds is 5. The van der Waals surface area contributed by atoms with Gasteiger partial charge in [0.15, 0.2) is 5.13 Å². The minimum atomic E-state index is 0.00603. The Morgan fingerprint density at radius 2 is 2.00 bits per heavy atom. The molecular weight excluding hydrogens is 382 g/mol. The molecule has 7 nitrogen and oxygen atoms in total. The first-order valence-electron chi connectivity index (χ1n) is 9.62. The van der Waals surface area contributed by atoms with Crippen LogP contribution in [-0.2, 0) is 12.0 Å². The number of anilines is 2. The molecule has 29 heavy (non-hydrogen) atoms. The zero-order chi connectivity index (χ0) is 20.6. The number of hydrogen-bond acceptors (Lipinski definition) is 6. The first-order chi connectivity index (χ1) is 13.8. The van der Waals surface area contributed by atoms with Gasteiger partial charge in [0.05, 0.1) is 17.1 Å². The molecule has 0 spiro atoms. The molecule has 4 aromatic heterocycles. The van der Waals surface area contributed by atoms with Crippen molar-refractivity contribution in [2.24, 2.45) is 0 Å². The van der Waals surface area contributed by atoms with Crippen LogP contribution in [0.2, 0.25) is 0 Å². The van der Waals surface area contributed by atoms with Crippen LogP contribution >= 0.6 is 11.3 Å². The van der Waals surface area contributed by atoms with Gasteiger partial charge in [-0.05, 0) is 26.0 Å². The monoisotopic (exact) mass is 407 g/mol. The Hall–Kier alpha value is -3.00. The van der Waals surface area contributed by atoms with Gasteiger partial charge in [-0.15, -0.1) is 11.3 Å². The van der Waals surface area contributed by atoms with E-state index < -0.39 is 0 Å². The second-order valence-electron chi connectivity index (χ2n) is 7.97.